The van der Waals surface area contributed by atoms with Crippen molar-refractivity contribution < 1.29 is 9.63 Å². The van der Waals surface area contributed by atoms with Crippen molar-refractivity contribution in [1.29, 1.82) is 0 Å². The van der Waals surface area contributed by atoms with Gasteiger partial charge in [-0.1, -0.05) is 12.1 Å². The maximum atomic E-state index is 9.55. The zero-order chi connectivity index (χ0) is 11.4. The highest BCUT2D eigenvalue weighted by Crippen LogP contribution is 2.24. The minimum Gasteiger partial charge on any atom is -0.505 e. The van der Waals surface area contributed by atoms with Gasteiger partial charge in [-0.15, -0.1) is 0 Å². The summed E-state index contributed by atoms with van der Waals surface area (Å²) in [5, 5.41) is 13.4. The van der Waals surface area contributed by atoms with Crippen LogP contribution in [-0.4, -0.2) is 26.0 Å². The van der Waals surface area contributed by atoms with E-state index in [1.54, 1.807) is 24.0 Å². The Hall–Kier alpha value is -1.56. The minimum absolute atomic E-state index is 0.0424. The minimum atomic E-state index is 0.0424. The summed E-state index contributed by atoms with van der Waals surface area (Å²) >= 11 is 1.71. The van der Waals surface area contributed by atoms with Crippen LogP contribution in [0.15, 0.2) is 22.9 Å². The third-order valence-corrected chi connectivity index (χ3v) is 2.76. The number of aromatic nitrogens is 3. The summed E-state index contributed by atoms with van der Waals surface area (Å²) < 4.78 is 5.03. The van der Waals surface area contributed by atoms with Crippen LogP contribution in [0, 0.1) is 0 Å². The number of hydrogen-bond donors (Lipinski definition) is 1. The molecule has 0 saturated heterocycles. The first kappa shape index (κ1) is 10.9. The number of thioether (sulfide) groups is 1. The zero-order valence-corrected chi connectivity index (χ0v) is 9.57. The number of hydrogen-bond acceptors (Lipinski definition) is 6. The second-order valence-electron chi connectivity index (χ2n) is 3.02. The fraction of sp³-hybridized carbons (Fsp3) is 0.300. The summed E-state index contributed by atoms with van der Waals surface area (Å²) in [4.78, 5) is 8.15. The summed E-state index contributed by atoms with van der Waals surface area (Å²) in [5.41, 5.74) is 0.322. The van der Waals surface area contributed by atoms with Gasteiger partial charge in [-0.25, -0.2) is 4.98 Å². The first-order valence-corrected chi connectivity index (χ1v) is 6.01. The fourth-order valence-electron chi connectivity index (χ4n) is 1.16. The molecule has 0 radical (unpaired) electrons. The lowest BCUT2D eigenvalue weighted by Crippen LogP contribution is -1.86. The molecule has 0 aliphatic carbocycles. The Morgan fingerprint density at radius 3 is 3.12 bits per heavy atom. The molecule has 0 aliphatic rings. The predicted octanol–water partition coefficient (Wildman–Crippen LogP) is 2.09. The molecule has 0 amide bonds. The second-order valence-corrected chi connectivity index (χ2v) is 4.30. The molecule has 0 spiro atoms. The summed E-state index contributed by atoms with van der Waals surface area (Å²) in [6.07, 6.45) is 1.57. The van der Waals surface area contributed by atoms with E-state index in [1.165, 1.54) is 6.07 Å². The Morgan fingerprint density at radius 2 is 2.38 bits per heavy atom. The van der Waals surface area contributed by atoms with E-state index in [2.05, 4.69) is 22.0 Å². The van der Waals surface area contributed by atoms with Crippen molar-refractivity contribution >= 4 is 11.8 Å². The lowest BCUT2D eigenvalue weighted by molar-refractivity contribution is 0.417. The largest absolute Gasteiger partial charge is 0.505 e. The summed E-state index contributed by atoms with van der Waals surface area (Å²) in [6.45, 7) is 2.07. The van der Waals surface area contributed by atoms with Crippen LogP contribution in [0.5, 0.6) is 5.75 Å². The van der Waals surface area contributed by atoms with Crippen LogP contribution in [0.3, 0.4) is 0 Å². The quantitative estimate of drug-likeness (QED) is 0.877. The molecular formula is C10H11N3O2S. The lowest BCUT2D eigenvalue weighted by Gasteiger charge is -1.95. The van der Waals surface area contributed by atoms with Crippen LogP contribution < -0.4 is 0 Å². The first-order valence-electron chi connectivity index (χ1n) is 4.86. The number of rotatable bonds is 4. The molecule has 5 nitrogen and oxygen atoms in total. The van der Waals surface area contributed by atoms with Crippen molar-refractivity contribution in [3.63, 3.8) is 0 Å². The van der Waals surface area contributed by atoms with Crippen molar-refractivity contribution in [2.24, 2.45) is 0 Å². The Balaban J connectivity index is 2.22. The third kappa shape index (κ3) is 2.33. The zero-order valence-electron chi connectivity index (χ0n) is 8.75. The summed E-state index contributed by atoms with van der Waals surface area (Å²) in [5.74, 6) is 2.62. The van der Waals surface area contributed by atoms with Gasteiger partial charge in [0.15, 0.2) is 11.5 Å². The molecule has 0 aromatic carbocycles. The van der Waals surface area contributed by atoms with Gasteiger partial charge in [0.1, 0.15) is 5.75 Å². The van der Waals surface area contributed by atoms with Crippen LogP contribution in [0.1, 0.15) is 12.7 Å². The van der Waals surface area contributed by atoms with E-state index in [1.807, 2.05) is 0 Å². The standard InChI is InChI=1S/C10H11N3O2S/c1-2-16-6-8-12-10(15-13-8)9-7(14)4-3-5-11-9/h3-5,14H,2,6H2,1H3. The van der Waals surface area contributed by atoms with Crippen molar-refractivity contribution in [2.45, 2.75) is 12.7 Å². The molecule has 0 aliphatic heterocycles. The van der Waals surface area contributed by atoms with Crippen molar-refractivity contribution in [3.8, 4) is 17.3 Å². The van der Waals surface area contributed by atoms with E-state index < -0.39 is 0 Å². The Kier molecular flexibility index (Phi) is 3.40. The topological polar surface area (TPSA) is 72.0 Å². The van der Waals surface area contributed by atoms with Crippen LogP contribution >= 0.6 is 11.8 Å². The van der Waals surface area contributed by atoms with Crippen LogP contribution in [0.2, 0.25) is 0 Å². The Bertz CT molecular complexity index is 473. The van der Waals surface area contributed by atoms with Gasteiger partial charge in [-0.05, 0) is 17.9 Å². The first-order chi connectivity index (χ1) is 7.81. The summed E-state index contributed by atoms with van der Waals surface area (Å²) in [6, 6.07) is 3.18. The maximum absolute atomic E-state index is 9.55. The van der Waals surface area contributed by atoms with Gasteiger partial charge in [0.05, 0.1) is 5.75 Å². The van der Waals surface area contributed by atoms with Gasteiger partial charge in [0.2, 0.25) is 0 Å². The molecule has 0 bridgehead atoms. The number of pyridine rings is 1. The molecule has 0 atom stereocenters. The average Bonchev–Trinajstić information content (AvgIpc) is 2.75. The van der Waals surface area contributed by atoms with Gasteiger partial charge in [-0.2, -0.15) is 16.7 Å². The SMILES string of the molecule is CCSCc1noc(-c2ncccc2O)n1. The monoisotopic (exact) mass is 237 g/mol. The van der Waals surface area contributed by atoms with Crippen molar-refractivity contribution in [1.82, 2.24) is 15.1 Å². The highest BCUT2D eigenvalue weighted by molar-refractivity contribution is 7.98. The van der Waals surface area contributed by atoms with Gasteiger partial charge >= 0.3 is 0 Å². The molecule has 16 heavy (non-hydrogen) atoms. The molecule has 0 fully saturated rings. The molecular weight excluding hydrogens is 226 g/mol. The lowest BCUT2D eigenvalue weighted by atomic mass is 10.3. The van der Waals surface area contributed by atoms with Crippen LogP contribution in [-0.2, 0) is 5.75 Å². The smallest absolute Gasteiger partial charge is 0.280 e. The van der Waals surface area contributed by atoms with Gasteiger partial charge < -0.3 is 9.63 Å². The highest BCUT2D eigenvalue weighted by Gasteiger charge is 2.13. The van der Waals surface area contributed by atoms with E-state index in [-0.39, 0.29) is 11.6 Å². The van der Waals surface area contributed by atoms with E-state index in [9.17, 15) is 5.11 Å². The van der Waals surface area contributed by atoms with E-state index in [0.717, 1.165) is 5.75 Å². The fourth-order valence-corrected chi connectivity index (χ4v) is 1.67. The molecule has 1 N–H and O–H groups in total. The summed E-state index contributed by atoms with van der Waals surface area (Å²) in [7, 11) is 0. The normalized spacial score (nSPS) is 10.6. The Morgan fingerprint density at radius 1 is 1.50 bits per heavy atom. The molecule has 2 aromatic heterocycles. The van der Waals surface area contributed by atoms with E-state index in [4.69, 9.17) is 4.52 Å². The molecule has 2 heterocycles. The third-order valence-electron chi connectivity index (χ3n) is 1.89. The van der Waals surface area contributed by atoms with E-state index >= 15 is 0 Å². The molecule has 0 unspecified atom stereocenters. The van der Waals surface area contributed by atoms with Gasteiger partial charge in [0, 0.05) is 6.20 Å². The predicted molar refractivity (Wildman–Crippen MR) is 61.0 cm³/mol. The molecule has 2 aromatic rings. The van der Waals surface area contributed by atoms with Crippen molar-refractivity contribution in [3.05, 3.63) is 24.2 Å². The average molecular weight is 237 g/mol. The van der Waals surface area contributed by atoms with Gasteiger partial charge in [0.25, 0.3) is 5.89 Å². The highest BCUT2D eigenvalue weighted by atomic mass is 32.2. The van der Waals surface area contributed by atoms with Gasteiger partial charge in [-0.3, -0.25) is 0 Å². The number of nitrogens with zero attached hydrogens (tertiary/aromatic N) is 3. The van der Waals surface area contributed by atoms with Crippen LogP contribution in [0.25, 0.3) is 11.6 Å². The molecule has 84 valence electrons. The molecule has 2 rings (SSSR count). The second kappa shape index (κ2) is 4.98. The molecule has 0 saturated carbocycles. The van der Waals surface area contributed by atoms with E-state index in [0.29, 0.717) is 17.3 Å². The van der Waals surface area contributed by atoms with Crippen molar-refractivity contribution in [2.75, 3.05) is 5.75 Å². The Labute approximate surface area is 96.9 Å². The maximum Gasteiger partial charge on any atom is 0.280 e. The molecule has 6 heteroatoms. The number of aromatic hydroxyl groups is 1. The van der Waals surface area contributed by atoms with Crippen LogP contribution in [0.4, 0.5) is 0 Å².